The second-order valence-corrected chi connectivity index (χ2v) is 28.6. The van der Waals surface area contributed by atoms with Crippen LogP contribution in [0.3, 0.4) is 0 Å². The molecule has 5 fully saturated rings. The largest absolute Gasteiger partial charge is 0.477 e. The second-order valence-electron chi connectivity index (χ2n) is 28.6. The summed E-state index contributed by atoms with van der Waals surface area (Å²) in [6.45, 7) is 0.569. The summed E-state index contributed by atoms with van der Waals surface area (Å²) < 4.78 is 58.9. The fraction of sp³-hybridized carbons (Fsp3) is 0.915. The number of amides is 3. The predicted octanol–water partition coefficient (Wildman–Crippen LogP) is -1.82. The first-order valence-corrected chi connectivity index (χ1v) is 38.1. The fourth-order valence-corrected chi connectivity index (χ4v) is 14.0. The number of hydrogen-bond acceptors (Lipinski definition) is 30. The zero-order chi connectivity index (χ0) is 77.3. The third-order valence-corrected chi connectivity index (χ3v) is 20.1. The molecule has 5 saturated heterocycles. The van der Waals surface area contributed by atoms with Gasteiger partial charge in [0.2, 0.25) is 17.7 Å². The van der Waals surface area contributed by atoms with Gasteiger partial charge in [-0.25, -0.2) is 4.79 Å². The SMILES string of the molecule is CCCCCCCCCCCCC/C=C/[C@@H](O)[C@H](CO[C@@H]1OC(CO)[C@@H](O[C@@H]2OC(CO)[C@H](O)[C@H](O[C@@H]3OC(CO)[C@@H](O)[C@H](O[C@@H]4OC(CO)[C@H](O)[C@H](O[C@]5(C(=O)O)CC(O)[C@@H](NC(C)=O)C([C@H](O)[C@H](O)CO)O5)C4O)C3NC(C)=O)C2O)[C@H](O)C1O)NC(=O)CCCCCCCCCCCCCCC. The van der Waals surface area contributed by atoms with E-state index in [0.717, 1.165) is 65.2 Å². The number of rotatable bonds is 50. The van der Waals surface area contributed by atoms with Crippen molar-refractivity contribution in [1.29, 1.82) is 0 Å². The summed E-state index contributed by atoms with van der Waals surface area (Å²) in [4.78, 5) is 51.9. The number of aliphatic hydroxyl groups excluding tert-OH is 16. The number of carboxylic acid groups (broad SMARTS) is 1. The van der Waals surface area contributed by atoms with E-state index in [0.29, 0.717) is 12.8 Å². The van der Waals surface area contributed by atoms with Gasteiger partial charge < -0.3 is 150 Å². The molecule has 0 aliphatic carbocycles. The molecule has 0 spiro atoms. The van der Waals surface area contributed by atoms with E-state index in [4.69, 9.17) is 47.4 Å². The first-order valence-electron chi connectivity index (χ1n) is 38.1. The van der Waals surface area contributed by atoms with Crippen LogP contribution in [0.5, 0.6) is 0 Å². The quantitative estimate of drug-likeness (QED) is 0.0235. The molecule has 3 amide bonds. The Balaban J connectivity index is 1.29. The van der Waals surface area contributed by atoms with E-state index < -0.39 is 235 Å². The number of carboxylic acids is 1. The summed E-state index contributed by atoms with van der Waals surface area (Å²) in [5.74, 6) is -7.40. The van der Waals surface area contributed by atoms with Crippen molar-refractivity contribution in [1.82, 2.24) is 16.0 Å². The Morgan fingerprint density at radius 1 is 0.495 bits per heavy atom. The molecule has 5 aliphatic heterocycles. The lowest BCUT2D eigenvalue weighted by Gasteiger charge is -2.51. The van der Waals surface area contributed by atoms with Gasteiger partial charge in [0.1, 0.15) is 116 Å². The lowest BCUT2D eigenvalue weighted by molar-refractivity contribution is -0.389. The van der Waals surface area contributed by atoms with Crippen molar-refractivity contribution < 1.29 is 153 Å². The van der Waals surface area contributed by atoms with Crippen LogP contribution in [-0.2, 0) is 66.5 Å². The molecule has 5 rings (SSSR count). The van der Waals surface area contributed by atoms with E-state index >= 15 is 0 Å². The smallest absolute Gasteiger partial charge is 0.364 e. The Kier molecular flexibility index (Phi) is 42.5. The molecule has 105 heavy (non-hydrogen) atoms. The summed E-state index contributed by atoms with van der Waals surface area (Å²) in [6.07, 6.45) is -17.9. The van der Waals surface area contributed by atoms with E-state index in [1.165, 1.54) is 96.3 Å². The Bertz CT molecular complexity index is 2470. The minimum absolute atomic E-state index is 0.168. The Morgan fingerprint density at radius 3 is 1.41 bits per heavy atom. The van der Waals surface area contributed by atoms with Crippen LogP contribution in [0.2, 0.25) is 0 Å². The fourth-order valence-electron chi connectivity index (χ4n) is 14.0. The predicted molar refractivity (Wildman–Crippen MR) is 369 cm³/mol. The van der Waals surface area contributed by atoms with Crippen LogP contribution in [0, 0.1) is 0 Å². The summed E-state index contributed by atoms with van der Waals surface area (Å²) in [6, 6.07) is -4.65. The Hall–Kier alpha value is -3.42. The van der Waals surface area contributed by atoms with Gasteiger partial charge in [-0.2, -0.15) is 0 Å². The zero-order valence-electron chi connectivity index (χ0n) is 61.4. The number of aliphatic carboxylic acids is 1. The number of unbranched alkanes of at least 4 members (excludes halogenated alkanes) is 23. The molecular formula is C71H127N3O31. The van der Waals surface area contributed by atoms with E-state index in [9.17, 15) is 106 Å². The van der Waals surface area contributed by atoms with Crippen LogP contribution in [0.4, 0.5) is 0 Å². The average molecular weight is 1520 g/mol. The average Bonchev–Trinajstić information content (AvgIpc) is 0.759. The maximum atomic E-state index is 13.5. The highest BCUT2D eigenvalue weighted by Crippen LogP contribution is 2.40. The highest BCUT2D eigenvalue weighted by molar-refractivity contribution is 5.77. The van der Waals surface area contributed by atoms with Gasteiger partial charge in [0.25, 0.3) is 5.79 Å². The lowest BCUT2D eigenvalue weighted by Crippen LogP contribution is -2.71. The minimum Gasteiger partial charge on any atom is -0.477 e. The van der Waals surface area contributed by atoms with Crippen molar-refractivity contribution in [2.45, 2.75) is 372 Å². The normalized spacial score (nSPS) is 35.0. The van der Waals surface area contributed by atoms with Crippen LogP contribution < -0.4 is 16.0 Å². The maximum absolute atomic E-state index is 13.5. The zero-order valence-corrected chi connectivity index (χ0v) is 61.4. The first kappa shape index (κ1) is 92.2. The molecule has 612 valence electrons. The molecule has 0 aromatic carbocycles. The number of allylic oxidation sites excluding steroid dienone is 1. The first-order chi connectivity index (χ1) is 50.3. The summed E-state index contributed by atoms with van der Waals surface area (Å²) >= 11 is 0. The van der Waals surface area contributed by atoms with Gasteiger partial charge in [-0.05, 0) is 19.3 Å². The highest BCUT2D eigenvalue weighted by Gasteiger charge is 2.61. The van der Waals surface area contributed by atoms with Crippen molar-refractivity contribution >= 4 is 23.7 Å². The number of hydrogen-bond donors (Lipinski definition) is 20. The van der Waals surface area contributed by atoms with Crippen LogP contribution in [0.25, 0.3) is 0 Å². The summed E-state index contributed by atoms with van der Waals surface area (Å²) in [5.41, 5.74) is 0. The molecule has 28 atom stereocenters. The maximum Gasteiger partial charge on any atom is 0.364 e. The van der Waals surface area contributed by atoms with Gasteiger partial charge >= 0.3 is 5.97 Å². The van der Waals surface area contributed by atoms with Crippen LogP contribution in [0.1, 0.15) is 201 Å². The van der Waals surface area contributed by atoms with Gasteiger partial charge in [-0.1, -0.05) is 167 Å². The molecule has 10 unspecified atom stereocenters. The van der Waals surface area contributed by atoms with E-state index in [-0.39, 0.29) is 12.3 Å². The standard InChI is InChI=1S/C71H127N3O31/c1-5-7-9-11-13-15-17-19-21-23-25-27-29-31-43(82)42(74-50(85)32-30-28-26-24-22-20-18-16-14-12-10-8-6-2)39-96-67-58(91)57(90)61(49(38-79)100-67)101-68-59(92)64(55(88)47(36-77)98-68)103-66-52(73-41(4)81)62(54(87)46(35-76)97-66)102-69-60(93)65(56(89)48(37-78)99-69)105-71(70(94)95)33-44(83)51(72-40(3)80)63(104-71)53(86)45(84)34-75/h29,31,42-49,51-69,75-79,82-84,86-93H,5-28,30,32-39H2,1-4H3,(H,72,80)(H,73,81)(H,74,85)(H,94,95)/b31-29+/t42-,43+,44?,45+,46?,47?,48?,49?,51+,52?,53+,54+,55-,56-,57+,58?,59?,60?,61+,62+,63?,64-,65-,66-,67+,68-,69-,71-/m0/s1. The molecular weight excluding hydrogens is 1390 g/mol. The molecule has 0 saturated carbocycles. The number of carbonyl (C=O) groups is 4. The molecule has 0 aromatic heterocycles. The highest BCUT2D eigenvalue weighted by atomic mass is 16.8. The molecule has 5 heterocycles. The van der Waals surface area contributed by atoms with Crippen LogP contribution >= 0.6 is 0 Å². The lowest BCUT2D eigenvalue weighted by atomic mass is 9.88. The third kappa shape index (κ3) is 28.1. The van der Waals surface area contributed by atoms with Gasteiger partial charge in [-0.15, -0.1) is 0 Å². The molecule has 0 radical (unpaired) electrons. The topological polar surface area (TPSA) is 541 Å². The van der Waals surface area contributed by atoms with E-state index in [2.05, 4.69) is 29.8 Å². The number of aliphatic hydroxyl groups is 16. The van der Waals surface area contributed by atoms with Crippen molar-refractivity contribution in [3.05, 3.63) is 12.2 Å². The van der Waals surface area contributed by atoms with Crippen molar-refractivity contribution in [3.63, 3.8) is 0 Å². The minimum atomic E-state index is -3.22. The van der Waals surface area contributed by atoms with E-state index in [1.54, 1.807) is 6.08 Å². The Morgan fingerprint density at radius 2 is 0.924 bits per heavy atom. The molecule has 5 aliphatic rings. The monoisotopic (exact) mass is 1520 g/mol. The molecule has 34 heteroatoms. The Labute approximate surface area is 614 Å². The van der Waals surface area contributed by atoms with Gasteiger partial charge in [-0.3, -0.25) is 14.4 Å². The number of carbonyl (C=O) groups excluding carboxylic acids is 3. The van der Waals surface area contributed by atoms with E-state index in [1.807, 2.05) is 6.08 Å². The molecule has 0 aromatic rings. The van der Waals surface area contributed by atoms with Gasteiger partial charge in [0.05, 0.1) is 63.9 Å². The van der Waals surface area contributed by atoms with Crippen molar-refractivity contribution in [2.24, 2.45) is 0 Å². The van der Waals surface area contributed by atoms with Crippen LogP contribution in [-0.4, -0.2) is 321 Å². The molecule has 0 bridgehead atoms. The van der Waals surface area contributed by atoms with Crippen LogP contribution in [0.15, 0.2) is 12.2 Å². The molecule has 20 N–H and O–H groups in total. The summed E-state index contributed by atoms with van der Waals surface area (Å²) in [5, 5.41) is 196. The van der Waals surface area contributed by atoms with Crippen molar-refractivity contribution in [2.75, 3.05) is 39.6 Å². The second kappa shape index (κ2) is 48.4. The number of ether oxygens (including phenoxy) is 10. The van der Waals surface area contributed by atoms with Gasteiger partial charge in [0, 0.05) is 26.7 Å². The number of nitrogens with one attached hydrogen (secondary N) is 3. The molecule has 34 nitrogen and oxygen atoms in total. The third-order valence-electron chi connectivity index (χ3n) is 20.1. The summed E-state index contributed by atoms with van der Waals surface area (Å²) in [7, 11) is 0. The van der Waals surface area contributed by atoms with Gasteiger partial charge in [0.15, 0.2) is 25.2 Å². The van der Waals surface area contributed by atoms with Crippen molar-refractivity contribution in [3.8, 4) is 0 Å².